The van der Waals surface area contributed by atoms with E-state index in [-0.39, 0.29) is 0 Å². The highest BCUT2D eigenvalue weighted by Crippen LogP contribution is 2.19. The van der Waals surface area contributed by atoms with Crippen molar-refractivity contribution in [1.82, 2.24) is 0 Å². The van der Waals surface area contributed by atoms with Crippen molar-refractivity contribution in [3.63, 3.8) is 0 Å². The van der Waals surface area contributed by atoms with Crippen molar-refractivity contribution in [3.05, 3.63) is 54.1 Å². The third-order valence-electron chi connectivity index (χ3n) is 3.25. The average Bonchev–Trinajstić information content (AvgIpc) is 2.43. The molecular formula is C18H27N. The third kappa shape index (κ3) is 5.34. The summed E-state index contributed by atoms with van der Waals surface area (Å²) in [6.45, 7) is 10.8. The molecule has 0 N–H and O–H groups in total. The van der Waals surface area contributed by atoms with Crippen LogP contribution in [-0.4, -0.2) is 13.1 Å². The van der Waals surface area contributed by atoms with Crippen LogP contribution in [0.15, 0.2) is 48.6 Å². The fourth-order valence-electron chi connectivity index (χ4n) is 1.97. The van der Waals surface area contributed by atoms with Crippen LogP contribution in [0.1, 0.15) is 45.6 Å². The Bertz CT molecular complexity index is 398. The number of hydrogen-bond donors (Lipinski definition) is 0. The topological polar surface area (TPSA) is 3.24 Å². The lowest BCUT2D eigenvalue weighted by molar-refractivity contribution is 0.862. The number of likely N-dealkylation sites (N-methyl/N-ethyl adjacent to an activating group) is 1. The quantitative estimate of drug-likeness (QED) is 0.610. The Morgan fingerprint density at radius 2 is 1.63 bits per heavy atom. The van der Waals surface area contributed by atoms with E-state index in [1.165, 1.54) is 11.3 Å². The molecule has 0 amide bonds. The largest absolute Gasteiger partial charge is 0.368 e. The van der Waals surface area contributed by atoms with E-state index < -0.39 is 0 Å². The maximum atomic E-state index is 2.38. The van der Waals surface area contributed by atoms with Gasteiger partial charge in [-0.05, 0) is 37.0 Å². The molecule has 0 unspecified atom stereocenters. The van der Waals surface area contributed by atoms with Gasteiger partial charge in [0.2, 0.25) is 0 Å². The molecule has 0 saturated carbocycles. The molecule has 0 saturated heterocycles. The minimum Gasteiger partial charge on any atom is -0.368 e. The highest BCUT2D eigenvalue weighted by Gasteiger charge is 2.03. The van der Waals surface area contributed by atoms with Gasteiger partial charge >= 0.3 is 0 Å². The molecule has 1 rings (SSSR count). The van der Waals surface area contributed by atoms with Crippen LogP contribution in [0.3, 0.4) is 0 Å². The first kappa shape index (κ1) is 15.6. The summed E-state index contributed by atoms with van der Waals surface area (Å²) in [5.74, 6) is 0.600. The van der Waals surface area contributed by atoms with Crippen LogP contribution in [0.5, 0.6) is 0 Å². The van der Waals surface area contributed by atoms with Crippen LogP contribution in [-0.2, 0) is 0 Å². The predicted octanol–water partition coefficient (Wildman–Crippen LogP) is 5.16. The van der Waals surface area contributed by atoms with Crippen molar-refractivity contribution in [2.75, 3.05) is 18.0 Å². The van der Waals surface area contributed by atoms with Crippen LogP contribution < -0.4 is 4.90 Å². The lowest BCUT2D eigenvalue weighted by atomic mass is 10.0. The zero-order valence-electron chi connectivity index (χ0n) is 12.8. The summed E-state index contributed by atoms with van der Waals surface area (Å²) in [6, 6.07) is 8.94. The maximum absolute atomic E-state index is 2.38. The first-order valence-electron chi connectivity index (χ1n) is 7.35. The molecule has 0 radical (unpaired) electrons. The number of allylic oxidation sites excluding steroid dienone is 3. The summed E-state index contributed by atoms with van der Waals surface area (Å²) in [5.41, 5.74) is 2.71. The van der Waals surface area contributed by atoms with Crippen molar-refractivity contribution < 1.29 is 0 Å². The van der Waals surface area contributed by atoms with Crippen LogP contribution in [0.4, 0.5) is 5.69 Å². The van der Waals surface area contributed by atoms with Crippen LogP contribution in [0.25, 0.3) is 0 Å². The van der Waals surface area contributed by atoms with E-state index in [1.54, 1.807) is 0 Å². The number of anilines is 1. The molecule has 0 aromatic heterocycles. The summed E-state index contributed by atoms with van der Waals surface area (Å²) in [6.07, 6.45) is 9.74. The Morgan fingerprint density at radius 1 is 1.00 bits per heavy atom. The summed E-state index contributed by atoms with van der Waals surface area (Å²) in [5, 5.41) is 0. The van der Waals surface area contributed by atoms with E-state index in [0.29, 0.717) is 5.92 Å². The van der Waals surface area contributed by atoms with Crippen molar-refractivity contribution in [2.45, 2.75) is 40.0 Å². The lowest BCUT2D eigenvalue weighted by Gasteiger charge is -2.22. The SMILES string of the molecule is CC/C=C/C=C/CN(CC)c1ccc(C(C)C)cc1. The molecule has 0 fully saturated rings. The van der Waals surface area contributed by atoms with Gasteiger partial charge in [0, 0.05) is 18.8 Å². The minimum atomic E-state index is 0.600. The average molecular weight is 257 g/mol. The molecule has 0 spiro atoms. The van der Waals surface area contributed by atoms with Gasteiger partial charge in [0.25, 0.3) is 0 Å². The fraction of sp³-hybridized carbons (Fsp3) is 0.444. The van der Waals surface area contributed by atoms with Crippen molar-refractivity contribution in [1.29, 1.82) is 0 Å². The molecule has 1 heteroatoms. The molecule has 1 nitrogen and oxygen atoms in total. The second kappa shape index (κ2) is 8.58. The molecule has 1 aromatic carbocycles. The van der Waals surface area contributed by atoms with Gasteiger partial charge < -0.3 is 4.90 Å². The highest BCUT2D eigenvalue weighted by atomic mass is 15.1. The summed E-state index contributed by atoms with van der Waals surface area (Å²) in [7, 11) is 0. The Labute approximate surface area is 118 Å². The van der Waals surface area contributed by atoms with E-state index in [4.69, 9.17) is 0 Å². The normalized spacial score (nSPS) is 11.8. The molecular weight excluding hydrogens is 230 g/mol. The van der Waals surface area contributed by atoms with Gasteiger partial charge in [0.15, 0.2) is 0 Å². The Kier molecular flexibility index (Phi) is 7.02. The summed E-state index contributed by atoms with van der Waals surface area (Å²) in [4.78, 5) is 2.38. The van der Waals surface area contributed by atoms with Gasteiger partial charge in [-0.25, -0.2) is 0 Å². The maximum Gasteiger partial charge on any atom is 0.0369 e. The molecule has 0 heterocycles. The van der Waals surface area contributed by atoms with Crippen LogP contribution in [0.2, 0.25) is 0 Å². The van der Waals surface area contributed by atoms with Crippen LogP contribution in [0, 0.1) is 0 Å². The Hall–Kier alpha value is -1.50. The smallest absolute Gasteiger partial charge is 0.0369 e. The van der Waals surface area contributed by atoms with Gasteiger partial charge in [0.05, 0.1) is 0 Å². The van der Waals surface area contributed by atoms with E-state index >= 15 is 0 Å². The second-order valence-corrected chi connectivity index (χ2v) is 5.05. The van der Waals surface area contributed by atoms with Gasteiger partial charge in [0.1, 0.15) is 0 Å². The molecule has 0 atom stereocenters. The number of nitrogens with zero attached hydrogens (tertiary/aromatic N) is 1. The lowest BCUT2D eigenvalue weighted by Crippen LogP contribution is -2.22. The molecule has 19 heavy (non-hydrogen) atoms. The molecule has 0 aliphatic rings. The number of hydrogen-bond acceptors (Lipinski definition) is 1. The van der Waals surface area contributed by atoms with Crippen molar-refractivity contribution >= 4 is 5.69 Å². The molecule has 0 aliphatic heterocycles. The Balaban J connectivity index is 2.64. The van der Waals surface area contributed by atoms with Gasteiger partial charge in [-0.2, -0.15) is 0 Å². The van der Waals surface area contributed by atoms with E-state index in [1.807, 2.05) is 0 Å². The molecule has 0 aliphatic carbocycles. The van der Waals surface area contributed by atoms with Gasteiger partial charge in [-0.3, -0.25) is 0 Å². The molecule has 1 aromatic rings. The van der Waals surface area contributed by atoms with Gasteiger partial charge in [-0.1, -0.05) is 57.2 Å². The number of rotatable bonds is 7. The fourth-order valence-corrected chi connectivity index (χ4v) is 1.97. The zero-order chi connectivity index (χ0) is 14.1. The Morgan fingerprint density at radius 3 is 2.16 bits per heavy atom. The third-order valence-corrected chi connectivity index (χ3v) is 3.25. The second-order valence-electron chi connectivity index (χ2n) is 5.05. The predicted molar refractivity (Wildman–Crippen MR) is 87.0 cm³/mol. The van der Waals surface area contributed by atoms with E-state index in [0.717, 1.165) is 19.5 Å². The number of benzene rings is 1. The van der Waals surface area contributed by atoms with Gasteiger partial charge in [-0.15, -0.1) is 0 Å². The van der Waals surface area contributed by atoms with Crippen LogP contribution >= 0.6 is 0 Å². The monoisotopic (exact) mass is 257 g/mol. The van der Waals surface area contributed by atoms with Crippen molar-refractivity contribution in [3.8, 4) is 0 Å². The molecule has 104 valence electrons. The van der Waals surface area contributed by atoms with E-state index in [9.17, 15) is 0 Å². The van der Waals surface area contributed by atoms with E-state index in [2.05, 4.69) is 81.2 Å². The summed E-state index contributed by atoms with van der Waals surface area (Å²) < 4.78 is 0. The molecule has 0 bridgehead atoms. The minimum absolute atomic E-state index is 0.600. The summed E-state index contributed by atoms with van der Waals surface area (Å²) >= 11 is 0. The zero-order valence-corrected chi connectivity index (χ0v) is 12.8. The van der Waals surface area contributed by atoms with Crippen molar-refractivity contribution in [2.24, 2.45) is 0 Å². The first-order valence-corrected chi connectivity index (χ1v) is 7.35. The first-order chi connectivity index (χ1) is 9.19. The highest BCUT2D eigenvalue weighted by molar-refractivity contribution is 5.48. The standard InChI is InChI=1S/C18H27N/c1-5-7-8-9-10-15-19(6-2)18-13-11-17(12-14-18)16(3)4/h7-14,16H,5-6,15H2,1-4H3/b8-7+,10-9+.